The minimum absolute atomic E-state index is 0.323. The molecule has 0 aromatic carbocycles. The van der Waals surface area contributed by atoms with Gasteiger partial charge < -0.3 is 10.2 Å². The van der Waals surface area contributed by atoms with Gasteiger partial charge in [0.25, 0.3) is 0 Å². The van der Waals surface area contributed by atoms with Crippen LogP contribution in [0.4, 0.5) is 0 Å². The Morgan fingerprint density at radius 3 is 3.00 bits per heavy atom. The summed E-state index contributed by atoms with van der Waals surface area (Å²) in [5.41, 5.74) is 0. The molecule has 3 heteroatoms. The monoisotopic (exact) mass is 234 g/mol. The molecule has 94 valence electrons. The highest BCUT2D eigenvalue weighted by molar-refractivity contribution is 5.76. The van der Waals surface area contributed by atoms with E-state index in [0.717, 1.165) is 38.9 Å². The Hall–Kier alpha value is -1.01. The quantitative estimate of drug-likeness (QED) is 0.586. The highest BCUT2D eigenvalue weighted by atomic mass is 16.2. The summed E-state index contributed by atoms with van der Waals surface area (Å²) in [6.45, 7) is 5.30. The summed E-state index contributed by atoms with van der Waals surface area (Å²) in [7, 11) is 0. The number of likely N-dealkylation sites (tertiary alicyclic amines) is 1. The van der Waals surface area contributed by atoms with E-state index in [4.69, 9.17) is 6.42 Å². The molecule has 0 bridgehead atoms. The van der Waals surface area contributed by atoms with Gasteiger partial charge in [-0.05, 0) is 31.6 Å². The lowest BCUT2D eigenvalue weighted by molar-refractivity contribution is -0.132. The molecule has 0 saturated carbocycles. The first-order valence-corrected chi connectivity index (χ1v) is 6.67. The van der Waals surface area contributed by atoms with Gasteiger partial charge in [-0.2, -0.15) is 0 Å². The molecule has 2 aliphatic heterocycles. The third-order valence-electron chi connectivity index (χ3n) is 4.22. The van der Waals surface area contributed by atoms with E-state index >= 15 is 0 Å². The fraction of sp³-hybridized carbons (Fsp3) is 0.786. The fourth-order valence-corrected chi connectivity index (χ4v) is 3.14. The summed E-state index contributed by atoms with van der Waals surface area (Å²) < 4.78 is 0. The number of carbonyl (C=O) groups is 1. The zero-order chi connectivity index (χ0) is 12.3. The van der Waals surface area contributed by atoms with E-state index in [-0.39, 0.29) is 0 Å². The molecule has 3 nitrogen and oxygen atoms in total. The van der Waals surface area contributed by atoms with Crippen molar-refractivity contribution in [3.63, 3.8) is 0 Å². The number of nitrogens with one attached hydrogen (secondary N) is 1. The highest BCUT2D eigenvalue weighted by Crippen LogP contribution is 2.32. The van der Waals surface area contributed by atoms with Crippen molar-refractivity contribution in [3.05, 3.63) is 0 Å². The fourth-order valence-electron chi connectivity index (χ4n) is 3.14. The highest BCUT2D eigenvalue weighted by Gasteiger charge is 2.43. The molecule has 2 saturated heterocycles. The van der Waals surface area contributed by atoms with Crippen molar-refractivity contribution in [2.24, 2.45) is 11.8 Å². The van der Waals surface area contributed by atoms with E-state index < -0.39 is 0 Å². The Bertz CT molecular complexity index is 321. The Kier molecular flexibility index (Phi) is 4.06. The lowest BCUT2D eigenvalue weighted by Crippen LogP contribution is -2.37. The van der Waals surface area contributed by atoms with Crippen LogP contribution in [0.5, 0.6) is 0 Å². The molecule has 0 aromatic heterocycles. The predicted octanol–water partition coefficient (Wildman–Crippen LogP) is 1.25. The average molecular weight is 234 g/mol. The Balaban J connectivity index is 1.79. The number of hydrogen-bond acceptors (Lipinski definition) is 2. The number of hydrogen-bond donors (Lipinski definition) is 1. The molecule has 3 unspecified atom stereocenters. The van der Waals surface area contributed by atoms with Crippen LogP contribution < -0.4 is 5.32 Å². The maximum Gasteiger partial charge on any atom is 0.222 e. The predicted molar refractivity (Wildman–Crippen MR) is 68.3 cm³/mol. The molecule has 0 spiro atoms. The number of carbonyl (C=O) groups excluding carboxylic acids is 1. The molecule has 2 rings (SSSR count). The first-order chi connectivity index (χ1) is 8.24. The van der Waals surface area contributed by atoms with Gasteiger partial charge in [0.2, 0.25) is 5.91 Å². The van der Waals surface area contributed by atoms with Crippen LogP contribution >= 0.6 is 0 Å². The lowest BCUT2D eigenvalue weighted by Gasteiger charge is -2.24. The van der Waals surface area contributed by atoms with Gasteiger partial charge in [-0.25, -0.2) is 0 Å². The summed E-state index contributed by atoms with van der Waals surface area (Å²) in [5.74, 6) is 4.29. The molecule has 2 heterocycles. The Morgan fingerprint density at radius 1 is 1.47 bits per heavy atom. The largest absolute Gasteiger partial charge is 0.339 e. The minimum Gasteiger partial charge on any atom is -0.339 e. The Labute approximate surface area is 104 Å². The van der Waals surface area contributed by atoms with E-state index in [1.165, 1.54) is 0 Å². The van der Waals surface area contributed by atoms with Crippen molar-refractivity contribution >= 4 is 5.91 Å². The molecule has 1 amide bonds. The van der Waals surface area contributed by atoms with E-state index in [1.807, 2.05) is 0 Å². The minimum atomic E-state index is 0.323. The summed E-state index contributed by atoms with van der Waals surface area (Å²) in [4.78, 5) is 14.2. The van der Waals surface area contributed by atoms with Crippen LogP contribution in [0, 0.1) is 24.2 Å². The second kappa shape index (κ2) is 5.55. The van der Waals surface area contributed by atoms with Crippen molar-refractivity contribution in [2.75, 3.05) is 19.6 Å². The number of unbranched alkanes of at least 4 members (excludes halogenated alkanes) is 2. The van der Waals surface area contributed by atoms with Crippen LogP contribution in [0.2, 0.25) is 0 Å². The Morgan fingerprint density at radius 2 is 2.29 bits per heavy atom. The third kappa shape index (κ3) is 2.63. The maximum absolute atomic E-state index is 12.1. The van der Waals surface area contributed by atoms with Gasteiger partial charge in [0, 0.05) is 38.5 Å². The standard InChI is InChI=1S/C14H22N2O/c1-3-4-5-6-7-14(17)16-10-12-8-15-9-13(12)11(16)2/h1,11-13,15H,4-10H2,2H3. The number of rotatable bonds is 4. The van der Waals surface area contributed by atoms with Gasteiger partial charge in [-0.1, -0.05) is 0 Å². The molecule has 0 aromatic rings. The zero-order valence-electron chi connectivity index (χ0n) is 10.6. The van der Waals surface area contributed by atoms with Gasteiger partial charge in [-0.3, -0.25) is 4.79 Å². The van der Waals surface area contributed by atoms with Crippen LogP contribution in [0.3, 0.4) is 0 Å². The molecule has 2 fully saturated rings. The number of nitrogens with zero attached hydrogens (tertiary/aromatic N) is 1. The molecule has 17 heavy (non-hydrogen) atoms. The van der Waals surface area contributed by atoms with Crippen LogP contribution in [-0.2, 0) is 4.79 Å². The number of terminal acetylenes is 1. The van der Waals surface area contributed by atoms with E-state index in [1.54, 1.807) is 0 Å². The SMILES string of the molecule is C#CCCCCC(=O)N1CC2CNCC2C1C. The molecule has 2 aliphatic rings. The second-order valence-electron chi connectivity index (χ2n) is 5.28. The van der Waals surface area contributed by atoms with Crippen molar-refractivity contribution in [1.82, 2.24) is 10.2 Å². The van der Waals surface area contributed by atoms with Gasteiger partial charge in [0.05, 0.1) is 0 Å². The number of amides is 1. The van der Waals surface area contributed by atoms with Gasteiger partial charge in [-0.15, -0.1) is 12.3 Å². The molecular formula is C14H22N2O. The first-order valence-electron chi connectivity index (χ1n) is 6.67. The molecule has 1 N–H and O–H groups in total. The first kappa shape index (κ1) is 12.4. The lowest BCUT2D eigenvalue weighted by atomic mass is 9.95. The second-order valence-corrected chi connectivity index (χ2v) is 5.28. The third-order valence-corrected chi connectivity index (χ3v) is 4.22. The molecule has 3 atom stereocenters. The smallest absolute Gasteiger partial charge is 0.222 e. The average Bonchev–Trinajstić information content (AvgIpc) is 2.88. The van der Waals surface area contributed by atoms with E-state index in [9.17, 15) is 4.79 Å². The van der Waals surface area contributed by atoms with Gasteiger partial charge in [0.15, 0.2) is 0 Å². The van der Waals surface area contributed by atoms with Crippen molar-refractivity contribution in [2.45, 2.75) is 38.6 Å². The summed E-state index contributed by atoms with van der Waals surface area (Å²) in [5, 5.41) is 3.41. The van der Waals surface area contributed by atoms with Crippen LogP contribution in [0.25, 0.3) is 0 Å². The summed E-state index contributed by atoms with van der Waals surface area (Å²) >= 11 is 0. The normalized spacial score (nSPS) is 31.3. The van der Waals surface area contributed by atoms with Crippen LogP contribution in [0.15, 0.2) is 0 Å². The van der Waals surface area contributed by atoms with Crippen LogP contribution in [-0.4, -0.2) is 36.5 Å². The van der Waals surface area contributed by atoms with Gasteiger partial charge >= 0.3 is 0 Å². The molecule has 0 aliphatic carbocycles. The van der Waals surface area contributed by atoms with Gasteiger partial charge in [0.1, 0.15) is 0 Å². The van der Waals surface area contributed by atoms with E-state index in [0.29, 0.717) is 30.2 Å². The maximum atomic E-state index is 12.1. The summed E-state index contributed by atoms with van der Waals surface area (Å²) in [6.07, 6.45) is 8.56. The van der Waals surface area contributed by atoms with E-state index in [2.05, 4.69) is 23.1 Å². The molecule has 0 radical (unpaired) electrons. The van der Waals surface area contributed by atoms with Crippen LogP contribution in [0.1, 0.15) is 32.6 Å². The summed E-state index contributed by atoms with van der Waals surface area (Å²) in [6, 6.07) is 0.412. The molecular weight excluding hydrogens is 212 g/mol. The number of fused-ring (bicyclic) bond motifs is 1. The topological polar surface area (TPSA) is 32.3 Å². The van der Waals surface area contributed by atoms with Crippen molar-refractivity contribution in [3.8, 4) is 12.3 Å². The zero-order valence-corrected chi connectivity index (χ0v) is 10.6. The van der Waals surface area contributed by atoms with Crippen molar-refractivity contribution in [1.29, 1.82) is 0 Å². The van der Waals surface area contributed by atoms with Crippen molar-refractivity contribution < 1.29 is 4.79 Å².